The third-order valence-corrected chi connectivity index (χ3v) is 5.00. The highest BCUT2D eigenvalue weighted by Gasteiger charge is 2.20. The molecule has 26 heavy (non-hydrogen) atoms. The minimum Gasteiger partial charge on any atom is -0.266 e. The van der Waals surface area contributed by atoms with Crippen LogP contribution in [0.5, 0.6) is 0 Å². The molecule has 1 aromatic heterocycles. The van der Waals surface area contributed by atoms with Crippen molar-refractivity contribution < 1.29 is 12.8 Å². The van der Waals surface area contributed by atoms with Crippen molar-refractivity contribution in [1.82, 2.24) is 9.78 Å². The molecule has 132 valence electrons. The van der Waals surface area contributed by atoms with Crippen molar-refractivity contribution in [3.8, 4) is 11.8 Å². The van der Waals surface area contributed by atoms with Crippen molar-refractivity contribution in [3.05, 3.63) is 76.7 Å². The van der Waals surface area contributed by atoms with Gasteiger partial charge in [-0.3, -0.25) is 4.72 Å². The average Bonchev–Trinajstić information content (AvgIpc) is 2.99. The molecule has 0 aliphatic carbocycles. The summed E-state index contributed by atoms with van der Waals surface area (Å²) in [5, 5.41) is 13.1. The lowest BCUT2D eigenvalue weighted by Crippen LogP contribution is -2.18. The zero-order valence-corrected chi connectivity index (χ0v) is 14.8. The maximum atomic E-state index is 13.4. The van der Waals surface area contributed by atoms with E-state index < -0.39 is 15.8 Å². The molecule has 0 atom stereocenters. The lowest BCUT2D eigenvalue weighted by atomic mass is 10.2. The van der Waals surface area contributed by atoms with Gasteiger partial charge in [0.05, 0.1) is 22.7 Å². The minimum atomic E-state index is -3.81. The number of rotatable bonds is 5. The second-order valence-electron chi connectivity index (χ2n) is 5.38. The fourth-order valence-electron chi connectivity index (χ4n) is 2.32. The molecule has 9 heteroatoms. The number of nitrogens with one attached hydrogen (secondary N) is 1. The molecule has 2 aromatic carbocycles. The number of halogens is 2. The number of hydrogen-bond donors (Lipinski definition) is 1. The Morgan fingerprint density at radius 1 is 1.23 bits per heavy atom. The quantitative estimate of drug-likeness (QED) is 0.722. The number of benzene rings is 2. The Morgan fingerprint density at radius 3 is 2.62 bits per heavy atom. The lowest BCUT2D eigenvalue weighted by molar-refractivity contribution is 0.600. The molecular formula is C17H12ClFN4O2S. The third-order valence-electron chi connectivity index (χ3n) is 3.49. The van der Waals surface area contributed by atoms with Gasteiger partial charge in [-0.25, -0.2) is 17.5 Å². The first-order valence-electron chi connectivity index (χ1n) is 7.37. The zero-order chi connectivity index (χ0) is 18.7. The first-order valence-corrected chi connectivity index (χ1v) is 9.40. The third kappa shape index (κ3) is 3.85. The highest BCUT2D eigenvalue weighted by molar-refractivity contribution is 7.91. The van der Waals surface area contributed by atoms with Crippen molar-refractivity contribution in [1.29, 1.82) is 5.26 Å². The summed E-state index contributed by atoms with van der Waals surface area (Å²) in [5.41, 5.74) is 0.937. The van der Waals surface area contributed by atoms with Gasteiger partial charge in [0.15, 0.2) is 5.82 Å². The molecule has 0 unspecified atom stereocenters. The first kappa shape index (κ1) is 17.9. The van der Waals surface area contributed by atoms with E-state index in [4.69, 9.17) is 11.6 Å². The van der Waals surface area contributed by atoms with Crippen LogP contribution in [0.2, 0.25) is 5.02 Å². The number of hydrogen-bond acceptors (Lipinski definition) is 4. The predicted octanol–water partition coefficient (Wildman–Crippen LogP) is 3.48. The lowest BCUT2D eigenvalue weighted by Gasteiger charge is -2.12. The summed E-state index contributed by atoms with van der Waals surface area (Å²) >= 11 is 5.78. The van der Waals surface area contributed by atoms with Crippen LogP contribution in [-0.4, -0.2) is 18.2 Å². The molecule has 0 saturated heterocycles. The van der Waals surface area contributed by atoms with E-state index in [9.17, 15) is 18.1 Å². The van der Waals surface area contributed by atoms with Crippen molar-refractivity contribution in [2.45, 2.75) is 5.75 Å². The normalized spacial score (nSPS) is 11.1. The standard InChI is InChI=1S/C17H12ClFN4O2S/c18-15-8-14(6-7-16(15)19)23-17(13(9-20)10-21-23)22-26(24,25)11-12-4-2-1-3-5-12/h1-8,10,22H,11H2. The van der Waals surface area contributed by atoms with E-state index in [1.807, 2.05) is 6.07 Å². The molecule has 6 nitrogen and oxygen atoms in total. The maximum absolute atomic E-state index is 13.4. The van der Waals surface area contributed by atoms with Gasteiger partial charge >= 0.3 is 0 Å². The number of nitrogens with zero attached hydrogens (tertiary/aromatic N) is 3. The van der Waals surface area contributed by atoms with Crippen molar-refractivity contribution in [3.63, 3.8) is 0 Å². The summed E-state index contributed by atoms with van der Waals surface area (Å²) in [6, 6.07) is 14.3. The van der Waals surface area contributed by atoms with Crippen LogP contribution >= 0.6 is 11.6 Å². The van der Waals surface area contributed by atoms with Gasteiger partial charge in [0, 0.05) is 0 Å². The molecule has 3 aromatic rings. The predicted molar refractivity (Wildman–Crippen MR) is 95.9 cm³/mol. The number of sulfonamides is 1. The van der Waals surface area contributed by atoms with Crippen LogP contribution in [-0.2, 0) is 15.8 Å². The van der Waals surface area contributed by atoms with E-state index in [0.717, 1.165) is 6.07 Å². The zero-order valence-electron chi connectivity index (χ0n) is 13.2. The Kier molecular flexibility index (Phi) is 4.93. The van der Waals surface area contributed by atoms with Crippen LogP contribution in [0, 0.1) is 17.1 Å². The molecule has 0 saturated carbocycles. The monoisotopic (exact) mass is 390 g/mol. The van der Waals surface area contributed by atoms with Crippen LogP contribution in [0.4, 0.5) is 10.2 Å². The Balaban J connectivity index is 1.98. The molecule has 0 aliphatic rings. The van der Waals surface area contributed by atoms with Gasteiger partial charge in [0.1, 0.15) is 17.4 Å². The molecule has 0 radical (unpaired) electrons. The molecule has 1 heterocycles. The summed E-state index contributed by atoms with van der Waals surface area (Å²) in [4.78, 5) is 0. The molecule has 0 fully saturated rings. The largest absolute Gasteiger partial charge is 0.266 e. The van der Waals surface area contributed by atoms with E-state index >= 15 is 0 Å². The van der Waals surface area contributed by atoms with Crippen LogP contribution in [0.25, 0.3) is 5.69 Å². The summed E-state index contributed by atoms with van der Waals surface area (Å²) in [6.07, 6.45) is 1.22. The number of anilines is 1. The van der Waals surface area contributed by atoms with Gasteiger partial charge in [-0.1, -0.05) is 41.9 Å². The van der Waals surface area contributed by atoms with E-state index in [1.165, 1.54) is 23.0 Å². The number of aromatic nitrogens is 2. The fraction of sp³-hybridized carbons (Fsp3) is 0.0588. The minimum absolute atomic E-state index is 0.0297. The van der Waals surface area contributed by atoms with Gasteiger partial charge in [0.25, 0.3) is 0 Å². The fourth-order valence-corrected chi connectivity index (χ4v) is 3.69. The van der Waals surface area contributed by atoms with Crippen LogP contribution in [0.1, 0.15) is 11.1 Å². The van der Waals surface area contributed by atoms with Crippen molar-refractivity contribution in [2.75, 3.05) is 4.72 Å². The van der Waals surface area contributed by atoms with Gasteiger partial charge in [-0.05, 0) is 23.8 Å². The Labute approximate surface area is 154 Å². The SMILES string of the molecule is N#Cc1cnn(-c2ccc(F)c(Cl)c2)c1NS(=O)(=O)Cc1ccccc1. The molecule has 0 amide bonds. The second kappa shape index (κ2) is 7.15. The van der Waals surface area contributed by atoms with E-state index in [2.05, 4.69) is 9.82 Å². The summed E-state index contributed by atoms with van der Waals surface area (Å²) < 4.78 is 41.9. The van der Waals surface area contributed by atoms with Crippen LogP contribution in [0.3, 0.4) is 0 Å². The van der Waals surface area contributed by atoms with Crippen molar-refractivity contribution >= 4 is 27.4 Å². The molecular weight excluding hydrogens is 379 g/mol. The molecule has 0 spiro atoms. The highest BCUT2D eigenvalue weighted by atomic mass is 35.5. The van der Waals surface area contributed by atoms with Gasteiger partial charge in [0.2, 0.25) is 10.0 Å². The second-order valence-corrected chi connectivity index (χ2v) is 7.51. The van der Waals surface area contributed by atoms with E-state index in [0.29, 0.717) is 11.3 Å². The van der Waals surface area contributed by atoms with E-state index in [1.54, 1.807) is 30.3 Å². The van der Waals surface area contributed by atoms with Crippen molar-refractivity contribution in [2.24, 2.45) is 0 Å². The average molecular weight is 391 g/mol. The van der Waals surface area contributed by atoms with Crippen LogP contribution in [0.15, 0.2) is 54.7 Å². The Morgan fingerprint density at radius 2 is 1.96 bits per heavy atom. The number of nitriles is 1. The summed E-state index contributed by atoms with van der Waals surface area (Å²) in [6.45, 7) is 0. The molecule has 0 bridgehead atoms. The Hall–Kier alpha value is -2.89. The maximum Gasteiger partial charge on any atom is 0.238 e. The molecule has 3 rings (SSSR count). The smallest absolute Gasteiger partial charge is 0.238 e. The van der Waals surface area contributed by atoms with Gasteiger partial charge < -0.3 is 0 Å². The van der Waals surface area contributed by atoms with E-state index in [-0.39, 0.29) is 22.2 Å². The summed E-state index contributed by atoms with van der Waals surface area (Å²) in [7, 11) is -3.81. The topological polar surface area (TPSA) is 87.8 Å². The van der Waals surface area contributed by atoms with Gasteiger partial charge in [-0.15, -0.1) is 0 Å². The van der Waals surface area contributed by atoms with Gasteiger partial charge in [-0.2, -0.15) is 10.4 Å². The molecule has 0 aliphatic heterocycles. The Bertz CT molecular complexity index is 1090. The summed E-state index contributed by atoms with van der Waals surface area (Å²) in [5.74, 6) is -0.922. The molecule has 1 N–H and O–H groups in total. The highest BCUT2D eigenvalue weighted by Crippen LogP contribution is 2.25. The first-order chi connectivity index (χ1) is 12.4. The van der Waals surface area contributed by atoms with Crippen LogP contribution < -0.4 is 4.72 Å².